The van der Waals surface area contributed by atoms with Crippen molar-refractivity contribution in [1.82, 2.24) is 9.97 Å². The van der Waals surface area contributed by atoms with E-state index in [-0.39, 0.29) is 12.6 Å². The van der Waals surface area contributed by atoms with Crippen LogP contribution in [0.4, 0.5) is 5.82 Å². The second-order valence-corrected chi connectivity index (χ2v) is 4.82. The molecule has 2 N–H and O–H groups in total. The second kappa shape index (κ2) is 8.30. The lowest BCUT2D eigenvalue weighted by Crippen LogP contribution is -2.26. The first-order valence-electron chi connectivity index (χ1n) is 6.51. The van der Waals surface area contributed by atoms with Gasteiger partial charge in [-0.05, 0) is 19.8 Å². The molecule has 0 radical (unpaired) electrons. The van der Waals surface area contributed by atoms with E-state index in [2.05, 4.69) is 22.2 Å². The number of ether oxygens (including phenoxy) is 1. The molecule has 1 aromatic rings. The first-order chi connectivity index (χ1) is 9.12. The normalized spacial score (nSPS) is 12.5. The van der Waals surface area contributed by atoms with E-state index in [1.807, 2.05) is 6.92 Å². The maximum absolute atomic E-state index is 9.35. The summed E-state index contributed by atoms with van der Waals surface area (Å²) >= 11 is 6.11. The zero-order valence-corrected chi connectivity index (χ0v) is 12.5. The van der Waals surface area contributed by atoms with Crippen LogP contribution in [0, 0.1) is 6.92 Å². The van der Waals surface area contributed by atoms with Crippen molar-refractivity contribution < 1.29 is 9.84 Å². The number of rotatable bonds is 8. The first-order valence-corrected chi connectivity index (χ1v) is 6.89. The zero-order valence-electron chi connectivity index (χ0n) is 11.7. The summed E-state index contributed by atoms with van der Waals surface area (Å²) in [6, 6.07) is -0.0981. The monoisotopic (exact) mass is 287 g/mol. The molecule has 0 fully saturated rings. The molecule has 0 bridgehead atoms. The quantitative estimate of drug-likeness (QED) is 0.718. The topological polar surface area (TPSA) is 67.3 Å². The average molecular weight is 288 g/mol. The largest absolute Gasteiger partial charge is 0.394 e. The van der Waals surface area contributed by atoms with Crippen molar-refractivity contribution in [3.8, 4) is 0 Å². The van der Waals surface area contributed by atoms with E-state index in [0.29, 0.717) is 24.0 Å². The SMILES string of the molecule is CCCc1nc(Cl)c(C)c(NC(CO)CCOC)n1. The van der Waals surface area contributed by atoms with Crippen molar-refractivity contribution in [3.05, 3.63) is 16.5 Å². The van der Waals surface area contributed by atoms with Crippen molar-refractivity contribution in [2.45, 2.75) is 39.2 Å². The van der Waals surface area contributed by atoms with Gasteiger partial charge in [0.05, 0.1) is 12.6 Å². The average Bonchev–Trinajstić information content (AvgIpc) is 2.40. The number of anilines is 1. The fourth-order valence-electron chi connectivity index (χ4n) is 1.67. The summed E-state index contributed by atoms with van der Waals surface area (Å²) < 4.78 is 5.02. The number of nitrogens with one attached hydrogen (secondary N) is 1. The summed E-state index contributed by atoms with van der Waals surface area (Å²) in [7, 11) is 1.64. The van der Waals surface area contributed by atoms with Gasteiger partial charge in [0.1, 0.15) is 16.8 Å². The van der Waals surface area contributed by atoms with Crippen LogP contribution in [0.25, 0.3) is 0 Å². The second-order valence-electron chi connectivity index (χ2n) is 4.46. The van der Waals surface area contributed by atoms with Crippen molar-refractivity contribution in [2.75, 3.05) is 25.6 Å². The summed E-state index contributed by atoms with van der Waals surface area (Å²) in [6.07, 6.45) is 2.46. The molecule has 0 spiro atoms. The predicted octanol–water partition coefficient (Wildman–Crippen LogP) is 2.20. The molecule has 0 amide bonds. The van der Waals surface area contributed by atoms with Crippen LogP contribution < -0.4 is 5.32 Å². The number of aromatic nitrogens is 2. The molecule has 108 valence electrons. The smallest absolute Gasteiger partial charge is 0.137 e. The Morgan fingerprint density at radius 1 is 1.42 bits per heavy atom. The third-order valence-electron chi connectivity index (χ3n) is 2.84. The molecule has 0 saturated carbocycles. The molecule has 6 heteroatoms. The molecule has 1 unspecified atom stereocenters. The molecule has 1 heterocycles. The molecule has 1 atom stereocenters. The molecule has 0 aliphatic heterocycles. The Bertz CT molecular complexity index is 402. The maximum Gasteiger partial charge on any atom is 0.137 e. The summed E-state index contributed by atoms with van der Waals surface area (Å²) in [4.78, 5) is 8.71. The molecule has 0 saturated heterocycles. The van der Waals surface area contributed by atoms with Crippen LogP contribution in [0.15, 0.2) is 0 Å². The summed E-state index contributed by atoms with van der Waals surface area (Å²) in [5.41, 5.74) is 0.803. The Balaban J connectivity index is 2.85. The number of hydrogen-bond donors (Lipinski definition) is 2. The van der Waals surface area contributed by atoms with Gasteiger partial charge in [0.2, 0.25) is 0 Å². The Labute approximate surface area is 119 Å². The number of aryl methyl sites for hydroxylation is 1. The van der Waals surface area contributed by atoms with Gasteiger partial charge in [0.15, 0.2) is 0 Å². The molecular formula is C13H22ClN3O2. The van der Waals surface area contributed by atoms with E-state index in [1.165, 1.54) is 0 Å². The lowest BCUT2D eigenvalue weighted by Gasteiger charge is -2.18. The number of methoxy groups -OCH3 is 1. The van der Waals surface area contributed by atoms with Crippen molar-refractivity contribution in [1.29, 1.82) is 0 Å². The molecule has 19 heavy (non-hydrogen) atoms. The maximum atomic E-state index is 9.35. The van der Waals surface area contributed by atoms with Gasteiger partial charge < -0.3 is 15.2 Å². The van der Waals surface area contributed by atoms with Gasteiger partial charge in [-0.2, -0.15) is 0 Å². The number of aliphatic hydroxyl groups is 1. The van der Waals surface area contributed by atoms with Crippen LogP contribution in [0.1, 0.15) is 31.2 Å². The van der Waals surface area contributed by atoms with Gasteiger partial charge in [-0.3, -0.25) is 0 Å². The predicted molar refractivity (Wildman–Crippen MR) is 76.8 cm³/mol. The van der Waals surface area contributed by atoms with E-state index >= 15 is 0 Å². The highest BCUT2D eigenvalue weighted by Gasteiger charge is 2.13. The third kappa shape index (κ3) is 4.93. The number of halogens is 1. The third-order valence-corrected chi connectivity index (χ3v) is 3.21. The van der Waals surface area contributed by atoms with Crippen LogP contribution in [-0.4, -0.2) is 41.4 Å². The highest BCUT2D eigenvalue weighted by Crippen LogP contribution is 2.21. The molecule has 1 aromatic heterocycles. The fraction of sp³-hybridized carbons (Fsp3) is 0.692. The van der Waals surface area contributed by atoms with E-state index < -0.39 is 0 Å². The van der Waals surface area contributed by atoms with Crippen LogP contribution in [0.2, 0.25) is 5.15 Å². The highest BCUT2D eigenvalue weighted by atomic mass is 35.5. The van der Waals surface area contributed by atoms with E-state index in [0.717, 1.165) is 24.2 Å². The van der Waals surface area contributed by atoms with Gasteiger partial charge in [0, 0.05) is 25.7 Å². The lowest BCUT2D eigenvalue weighted by atomic mass is 10.2. The van der Waals surface area contributed by atoms with Gasteiger partial charge in [-0.1, -0.05) is 18.5 Å². The van der Waals surface area contributed by atoms with Crippen LogP contribution in [0.3, 0.4) is 0 Å². The Morgan fingerprint density at radius 2 is 2.16 bits per heavy atom. The molecule has 0 aliphatic rings. The standard InChI is InChI=1S/C13H22ClN3O2/c1-4-5-11-16-12(14)9(2)13(17-11)15-10(8-18)6-7-19-3/h10,18H,4-8H2,1-3H3,(H,15,16,17). The van der Waals surface area contributed by atoms with Gasteiger partial charge in [0.25, 0.3) is 0 Å². The van der Waals surface area contributed by atoms with E-state index in [1.54, 1.807) is 7.11 Å². The highest BCUT2D eigenvalue weighted by molar-refractivity contribution is 6.30. The van der Waals surface area contributed by atoms with Crippen LogP contribution >= 0.6 is 11.6 Å². The van der Waals surface area contributed by atoms with Crippen LogP contribution in [-0.2, 0) is 11.2 Å². The van der Waals surface area contributed by atoms with Crippen molar-refractivity contribution in [3.63, 3.8) is 0 Å². The minimum atomic E-state index is -0.0981. The minimum absolute atomic E-state index is 0.0214. The Morgan fingerprint density at radius 3 is 2.74 bits per heavy atom. The van der Waals surface area contributed by atoms with Crippen molar-refractivity contribution in [2.24, 2.45) is 0 Å². The first kappa shape index (κ1) is 16.1. The Hall–Kier alpha value is -0.910. The summed E-state index contributed by atoms with van der Waals surface area (Å²) in [5.74, 6) is 1.42. The molecule has 0 aliphatic carbocycles. The molecular weight excluding hydrogens is 266 g/mol. The number of aliphatic hydroxyl groups excluding tert-OH is 1. The van der Waals surface area contributed by atoms with Gasteiger partial charge >= 0.3 is 0 Å². The number of nitrogens with zero attached hydrogens (tertiary/aromatic N) is 2. The zero-order chi connectivity index (χ0) is 14.3. The van der Waals surface area contributed by atoms with Gasteiger partial charge in [-0.15, -0.1) is 0 Å². The summed E-state index contributed by atoms with van der Waals surface area (Å²) in [6.45, 7) is 4.54. The number of hydrogen-bond acceptors (Lipinski definition) is 5. The van der Waals surface area contributed by atoms with Crippen molar-refractivity contribution >= 4 is 17.4 Å². The fourth-order valence-corrected chi connectivity index (χ4v) is 1.86. The van der Waals surface area contributed by atoms with Gasteiger partial charge in [-0.25, -0.2) is 9.97 Å². The Kier molecular flexibility index (Phi) is 7.05. The molecule has 1 rings (SSSR count). The summed E-state index contributed by atoms with van der Waals surface area (Å²) in [5, 5.41) is 13.0. The van der Waals surface area contributed by atoms with E-state index in [4.69, 9.17) is 16.3 Å². The van der Waals surface area contributed by atoms with E-state index in [9.17, 15) is 5.11 Å². The molecule has 5 nitrogen and oxygen atoms in total. The lowest BCUT2D eigenvalue weighted by molar-refractivity contribution is 0.174. The van der Waals surface area contributed by atoms with Crippen LogP contribution in [0.5, 0.6) is 0 Å². The molecule has 0 aromatic carbocycles. The minimum Gasteiger partial charge on any atom is -0.394 e.